The Morgan fingerprint density at radius 1 is 1.08 bits per heavy atom. The smallest absolute Gasteiger partial charge is 0.325 e. The lowest BCUT2D eigenvalue weighted by Gasteiger charge is -2.12. The van der Waals surface area contributed by atoms with Crippen LogP contribution >= 0.6 is 11.6 Å². The number of amides is 1. The van der Waals surface area contributed by atoms with Crippen LogP contribution in [0.1, 0.15) is 0 Å². The SMILES string of the molecule is Cn1c(=O)c2ccccc2n(CC(=O)Nc2ccc(Cl)cc2)c1=O. The van der Waals surface area contributed by atoms with Gasteiger partial charge in [0.25, 0.3) is 5.56 Å². The molecule has 0 fully saturated rings. The lowest BCUT2D eigenvalue weighted by molar-refractivity contribution is -0.116. The Morgan fingerprint density at radius 3 is 2.46 bits per heavy atom. The van der Waals surface area contributed by atoms with Crippen molar-refractivity contribution in [2.45, 2.75) is 6.54 Å². The van der Waals surface area contributed by atoms with Gasteiger partial charge in [-0.25, -0.2) is 4.79 Å². The quantitative estimate of drug-likeness (QED) is 0.790. The van der Waals surface area contributed by atoms with Crippen molar-refractivity contribution in [3.05, 3.63) is 74.4 Å². The monoisotopic (exact) mass is 343 g/mol. The van der Waals surface area contributed by atoms with E-state index in [9.17, 15) is 14.4 Å². The first kappa shape index (κ1) is 16.0. The Morgan fingerprint density at radius 2 is 1.75 bits per heavy atom. The molecule has 7 heteroatoms. The molecule has 24 heavy (non-hydrogen) atoms. The van der Waals surface area contributed by atoms with Crippen molar-refractivity contribution in [1.82, 2.24) is 9.13 Å². The maximum atomic E-state index is 12.4. The number of halogens is 1. The average Bonchev–Trinajstić information content (AvgIpc) is 2.59. The second-order valence-electron chi connectivity index (χ2n) is 5.31. The number of hydrogen-bond acceptors (Lipinski definition) is 3. The van der Waals surface area contributed by atoms with Gasteiger partial charge < -0.3 is 5.32 Å². The molecule has 3 rings (SSSR count). The third-order valence-electron chi connectivity index (χ3n) is 3.68. The fourth-order valence-corrected chi connectivity index (χ4v) is 2.60. The van der Waals surface area contributed by atoms with Crippen LogP contribution in [0, 0.1) is 0 Å². The van der Waals surface area contributed by atoms with Gasteiger partial charge in [-0.15, -0.1) is 0 Å². The van der Waals surface area contributed by atoms with Crippen molar-refractivity contribution in [3.8, 4) is 0 Å². The van der Waals surface area contributed by atoms with Crippen LogP contribution in [0.4, 0.5) is 5.69 Å². The number of anilines is 1. The summed E-state index contributed by atoms with van der Waals surface area (Å²) in [5, 5.41) is 3.65. The van der Waals surface area contributed by atoms with Gasteiger partial charge in [0.05, 0.1) is 10.9 Å². The van der Waals surface area contributed by atoms with Gasteiger partial charge in [-0.1, -0.05) is 23.7 Å². The Hall–Kier alpha value is -2.86. The number of nitrogens with zero attached hydrogens (tertiary/aromatic N) is 2. The minimum atomic E-state index is -0.537. The maximum absolute atomic E-state index is 12.4. The Labute approximate surface area is 141 Å². The molecule has 0 unspecified atom stereocenters. The molecule has 0 atom stereocenters. The molecule has 0 aliphatic rings. The van der Waals surface area contributed by atoms with E-state index < -0.39 is 5.69 Å². The molecule has 2 aromatic carbocycles. The van der Waals surface area contributed by atoms with Gasteiger partial charge in [-0.2, -0.15) is 0 Å². The van der Waals surface area contributed by atoms with Crippen LogP contribution in [0.3, 0.4) is 0 Å². The summed E-state index contributed by atoms with van der Waals surface area (Å²) in [7, 11) is 1.39. The summed E-state index contributed by atoms with van der Waals surface area (Å²) in [4.78, 5) is 36.8. The van der Waals surface area contributed by atoms with E-state index >= 15 is 0 Å². The zero-order valence-electron chi connectivity index (χ0n) is 12.8. The lowest BCUT2D eigenvalue weighted by atomic mass is 10.2. The minimum absolute atomic E-state index is 0.198. The molecule has 1 aromatic heterocycles. The summed E-state index contributed by atoms with van der Waals surface area (Å²) < 4.78 is 2.28. The summed E-state index contributed by atoms with van der Waals surface area (Å²) in [6.45, 7) is -0.198. The molecular weight excluding hydrogens is 330 g/mol. The van der Waals surface area contributed by atoms with Crippen LogP contribution in [0.5, 0.6) is 0 Å². The molecule has 0 saturated heterocycles. The molecule has 0 saturated carbocycles. The largest absolute Gasteiger partial charge is 0.331 e. The first-order chi connectivity index (χ1) is 11.5. The lowest BCUT2D eigenvalue weighted by Crippen LogP contribution is -2.40. The highest BCUT2D eigenvalue weighted by molar-refractivity contribution is 6.30. The summed E-state index contributed by atoms with van der Waals surface area (Å²) in [6.07, 6.45) is 0. The van der Waals surface area contributed by atoms with Crippen molar-refractivity contribution >= 4 is 34.1 Å². The van der Waals surface area contributed by atoms with Gasteiger partial charge >= 0.3 is 5.69 Å². The van der Waals surface area contributed by atoms with Crippen LogP contribution in [0.15, 0.2) is 58.1 Å². The van der Waals surface area contributed by atoms with E-state index in [0.29, 0.717) is 21.6 Å². The number of rotatable bonds is 3. The number of para-hydroxylation sites is 1. The number of benzene rings is 2. The molecule has 1 N–H and O–H groups in total. The number of nitrogens with one attached hydrogen (secondary N) is 1. The molecule has 0 radical (unpaired) electrons. The summed E-state index contributed by atoms with van der Waals surface area (Å²) in [5.41, 5.74) is 0.0818. The second kappa shape index (κ2) is 6.33. The second-order valence-corrected chi connectivity index (χ2v) is 5.74. The zero-order chi connectivity index (χ0) is 17.3. The van der Waals surface area contributed by atoms with E-state index in [1.54, 1.807) is 48.5 Å². The minimum Gasteiger partial charge on any atom is -0.325 e. The number of hydrogen-bond donors (Lipinski definition) is 1. The molecule has 0 spiro atoms. The van der Waals surface area contributed by atoms with Crippen molar-refractivity contribution in [3.63, 3.8) is 0 Å². The number of carbonyl (C=O) groups is 1. The van der Waals surface area contributed by atoms with E-state index in [2.05, 4.69) is 5.32 Å². The van der Waals surface area contributed by atoms with E-state index in [1.165, 1.54) is 11.6 Å². The third-order valence-corrected chi connectivity index (χ3v) is 3.93. The van der Waals surface area contributed by atoms with E-state index in [0.717, 1.165) is 4.57 Å². The Kier molecular flexibility index (Phi) is 4.22. The van der Waals surface area contributed by atoms with E-state index in [1.807, 2.05) is 0 Å². The first-order valence-corrected chi connectivity index (χ1v) is 7.59. The normalized spacial score (nSPS) is 10.8. The summed E-state index contributed by atoms with van der Waals surface area (Å²) in [6, 6.07) is 13.4. The van der Waals surface area contributed by atoms with Crippen LogP contribution < -0.4 is 16.6 Å². The molecule has 0 aliphatic heterocycles. The Balaban J connectivity index is 1.98. The van der Waals surface area contributed by atoms with Gasteiger partial charge in [0, 0.05) is 17.8 Å². The fraction of sp³-hybridized carbons (Fsp3) is 0.118. The average molecular weight is 344 g/mol. The van der Waals surface area contributed by atoms with Gasteiger partial charge in [-0.05, 0) is 36.4 Å². The van der Waals surface area contributed by atoms with Gasteiger partial charge in [0.1, 0.15) is 6.54 Å². The summed E-state index contributed by atoms with van der Waals surface area (Å²) in [5.74, 6) is -0.372. The topological polar surface area (TPSA) is 73.1 Å². The number of carbonyl (C=O) groups excluding carboxylic acids is 1. The van der Waals surface area contributed by atoms with Crippen LogP contribution in [0.25, 0.3) is 10.9 Å². The molecular formula is C17H14ClN3O3. The predicted molar refractivity (Wildman–Crippen MR) is 93.5 cm³/mol. The van der Waals surface area contributed by atoms with Gasteiger partial charge in [-0.3, -0.25) is 18.7 Å². The maximum Gasteiger partial charge on any atom is 0.331 e. The molecule has 0 aliphatic carbocycles. The van der Waals surface area contributed by atoms with Crippen molar-refractivity contribution in [2.24, 2.45) is 7.05 Å². The van der Waals surface area contributed by atoms with E-state index in [-0.39, 0.29) is 18.0 Å². The molecule has 6 nitrogen and oxygen atoms in total. The van der Waals surface area contributed by atoms with Crippen molar-refractivity contribution < 1.29 is 4.79 Å². The van der Waals surface area contributed by atoms with Crippen LogP contribution in [-0.4, -0.2) is 15.0 Å². The highest BCUT2D eigenvalue weighted by Crippen LogP contribution is 2.13. The predicted octanol–water partition coefficient (Wildman–Crippen LogP) is 1.99. The van der Waals surface area contributed by atoms with Crippen LogP contribution in [-0.2, 0) is 18.4 Å². The number of fused-ring (bicyclic) bond motifs is 1. The third kappa shape index (κ3) is 2.96. The first-order valence-electron chi connectivity index (χ1n) is 7.21. The summed E-state index contributed by atoms with van der Waals surface area (Å²) >= 11 is 5.81. The zero-order valence-corrected chi connectivity index (χ0v) is 13.6. The molecule has 0 bridgehead atoms. The highest BCUT2D eigenvalue weighted by Gasteiger charge is 2.13. The number of aromatic nitrogens is 2. The van der Waals surface area contributed by atoms with Gasteiger partial charge in [0.2, 0.25) is 5.91 Å². The van der Waals surface area contributed by atoms with Crippen molar-refractivity contribution in [1.29, 1.82) is 0 Å². The van der Waals surface area contributed by atoms with Crippen LogP contribution in [0.2, 0.25) is 5.02 Å². The van der Waals surface area contributed by atoms with Gasteiger partial charge in [0.15, 0.2) is 0 Å². The molecule has 1 heterocycles. The molecule has 3 aromatic rings. The molecule has 122 valence electrons. The Bertz CT molecular complexity index is 1040. The van der Waals surface area contributed by atoms with Crippen molar-refractivity contribution in [2.75, 3.05) is 5.32 Å². The molecule has 1 amide bonds. The van der Waals surface area contributed by atoms with E-state index in [4.69, 9.17) is 11.6 Å². The highest BCUT2D eigenvalue weighted by atomic mass is 35.5. The fourth-order valence-electron chi connectivity index (χ4n) is 2.47. The standard InChI is InChI=1S/C17H14ClN3O3/c1-20-16(23)13-4-2-3-5-14(13)21(17(20)24)10-15(22)19-12-8-6-11(18)7-9-12/h2-9H,10H2,1H3,(H,19,22).